The molecule has 0 aromatic carbocycles. The number of carbonyl (C=O) groups is 2. The van der Waals surface area contributed by atoms with Crippen LogP contribution in [0.4, 0.5) is 0 Å². The quantitative estimate of drug-likeness (QED) is 0.614. The van der Waals surface area contributed by atoms with E-state index >= 15 is 0 Å². The van der Waals surface area contributed by atoms with Crippen molar-refractivity contribution in [1.82, 2.24) is 0 Å². The Hall–Kier alpha value is -1.40. The Labute approximate surface area is 130 Å². The van der Waals surface area contributed by atoms with Crippen LogP contribution in [-0.4, -0.2) is 47.6 Å². The fourth-order valence-corrected chi connectivity index (χ4v) is 3.07. The number of hydrogen-bond acceptors (Lipinski definition) is 6. The third kappa shape index (κ3) is 4.55. The van der Waals surface area contributed by atoms with Crippen LogP contribution in [0.15, 0.2) is 12.2 Å². The number of fused-ring (bicyclic) bond motifs is 2. The number of carbonyl (C=O) groups excluding carboxylic acids is 2. The number of esters is 2. The Bertz CT molecular complexity index is 432. The topological polar surface area (TPSA) is 82.1 Å². The van der Waals surface area contributed by atoms with Crippen LogP contribution < -0.4 is 0 Å². The summed E-state index contributed by atoms with van der Waals surface area (Å²) in [6.07, 6.45) is 4.46. The highest BCUT2D eigenvalue weighted by Gasteiger charge is 2.42. The van der Waals surface area contributed by atoms with Crippen LogP contribution >= 0.6 is 0 Å². The van der Waals surface area contributed by atoms with E-state index in [9.17, 15) is 14.7 Å². The molecule has 0 spiro atoms. The van der Waals surface area contributed by atoms with Gasteiger partial charge in [0.1, 0.15) is 18.3 Å². The molecule has 2 heterocycles. The third-order valence-corrected chi connectivity index (χ3v) is 4.03. The Morgan fingerprint density at radius 3 is 2.14 bits per heavy atom. The second-order valence-electron chi connectivity index (χ2n) is 5.86. The molecule has 1 fully saturated rings. The summed E-state index contributed by atoms with van der Waals surface area (Å²) < 4.78 is 16.6. The van der Waals surface area contributed by atoms with Gasteiger partial charge in [0.05, 0.1) is 12.2 Å². The lowest BCUT2D eigenvalue weighted by Gasteiger charge is -2.27. The maximum atomic E-state index is 11.4. The van der Waals surface area contributed by atoms with Crippen molar-refractivity contribution >= 4 is 11.9 Å². The zero-order valence-electron chi connectivity index (χ0n) is 13.1. The lowest BCUT2D eigenvalue weighted by atomic mass is 9.97. The molecule has 1 N–H and O–H groups in total. The Kier molecular flexibility index (Phi) is 5.97. The second-order valence-corrected chi connectivity index (χ2v) is 5.86. The average molecular weight is 312 g/mol. The van der Waals surface area contributed by atoms with Gasteiger partial charge in [0.15, 0.2) is 0 Å². The zero-order valence-corrected chi connectivity index (χ0v) is 13.1. The first kappa shape index (κ1) is 17.0. The van der Waals surface area contributed by atoms with E-state index < -0.39 is 36.4 Å². The number of allylic oxidation sites excluding steroid dienone is 2. The highest BCUT2D eigenvalue weighted by atomic mass is 16.6. The normalized spacial score (nSPS) is 37.0. The number of aliphatic hydroxyl groups excluding tert-OH is 1. The first-order valence-corrected chi connectivity index (χ1v) is 7.80. The minimum absolute atomic E-state index is 0.255. The van der Waals surface area contributed by atoms with Gasteiger partial charge in [0.2, 0.25) is 0 Å². The molecule has 0 radical (unpaired) electrons. The SMILES string of the molecule is CC(=O)O[C@@H]1C[C@@H](OC(C)=O)[C@@H]2CC/C=C\CC[C@@H](O2)[C@H]1O. The number of hydrogen-bond donors (Lipinski definition) is 1. The average Bonchev–Trinajstić information content (AvgIpc) is 2.53. The summed E-state index contributed by atoms with van der Waals surface area (Å²) in [7, 11) is 0. The van der Waals surface area contributed by atoms with Crippen molar-refractivity contribution in [2.45, 2.75) is 76.5 Å². The van der Waals surface area contributed by atoms with Gasteiger partial charge in [-0.3, -0.25) is 9.59 Å². The van der Waals surface area contributed by atoms with Gasteiger partial charge in [-0.25, -0.2) is 0 Å². The van der Waals surface area contributed by atoms with Crippen molar-refractivity contribution in [3.63, 3.8) is 0 Å². The van der Waals surface area contributed by atoms with Crippen molar-refractivity contribution in [3.05, 3.63) is 12.2 Å². The van der Waals surface area contributed by atoms with E-state index in [1.54, 1.807) is 0 Å². The molecule has 2 bridgehead atoms. The van der Waals surface area contributed by atoms with Crippen molar-refractivity contribution in [2.75, 3.05) is 0 Å². The van der Waals surface area contributed by atoms with E-state index in [2.05, 4.69) is 12.2 Å². The molecule has 6 heteroatoms. The van der Waals surface area contributed by atoms with Crippen molar-refractivity contribution in [3.8, 4) is 0 Å². The number of ether oxygens (including phenoxy) is 3. The lowest BCUT2D eigenvalue weighted by molar-refractivity contribution is -0.159. The first-order chi connectivity index (χ1) is 10.5. The molecule has 1 saturated heterocycles. The number of rotatable bonds is 2. The molecule has 0 aromatic rings. The van der Waals surface area contributed by atoms with Crippen LogP contribution in [0.5, 0.6) is 0 Å². The molecular weight excluding hydrogens is 288 g/mol. The van der Waals surface area contributed by atoms with Gasteiger partial charge >= 0.3 is 11.9 Å². The smallest absolute Gasteiger partial charge is 0.302 e. The van der Waals surface area contributed by atoms with Crippen LogP contribution in [0, 0.1) is 0 Å². The Morgan fingerprint density at radius 1 is 1.00 bits per heavy atom. The van der Waals surface area contributed by atoms with E-state index in [1.807, 2.05) is 0 Å². The van der Waals surface area contributed by atoms with Crippen LogP contribution in [0.25, 0.3) is 0 Å². The molecule has 2 aliphatic heterocycles. The minimum Gasteiger partial charge on any atom is -0.460 e. The van der Waals surface area contributed by atoms with E-state index in [4.69, 9.17) is 14.2 Å². The number of aliphatic hydroxyl groups is 1. The molecule has 0 aromatic heterocycles. The standard InChI is InChI=1S/C16H24O6/c1-10(17)20-14-9-15(21-11(2)18)16(19)13-8-6-4-3-5-7-12(14)22-13/h3-4,12-16,19H,5-9H2,1-2H3/b4-3-/t12-,13+,14+,15+,16+/m0/s1. The van der Waals surface area contributed by atoms with Gasteiger partial charge in [-0.15, -0.1) is 0 Å². The van der Waals surface area contributed by atoms with E-state index in [1.165, 1.54) is 13.8 Å². The van der Waals surface area contributed by atoms with Gasteiger partial charge in [-0.2, -0.15) is 0 Å². The third-order valence-electron chi connectivity index (χ3n) is 4.03. The van der Waals surface area contributed by atoms with Crippen LogP contribution in [0.3, 0.4) is 0 Å². The summed E-state index contributed by atoms with van der Waals surface area (Å²) in [5, 5.41) is 10.5. The molecule has 5 atom stereocenters. The molecule has 0 saturated carbocycles. The highest BCUT2D eigenvalue weighted by molar-refractivity contribution is 5.66. The monoisotopic (exact) mass is 312 g/mol. The van der Waals surface area contributed by atoms with E-state index in [-0.39, 0.29) is 12.5 Å². The Morgan fingerprint density at radius 2 is 1.55 bits per heavy atom. The molecule has 2 aliphatic rings. The van der Waals surface area contributed by atoms with Crippen LogP contribution in [0.1, 0.15) is 46.0 Å². The van der Waals surface area contributed by atoms with Crippen molar-refractivity contribution in [1.29, 1.82) is 0 Å². The summed E-state index contributed by atoms with van der Waals surface area (Å²) in [6.45, 7) is 2.65. The fourth-order valence-electron chi connectivity index (χ4n) is 3.07. The Balaban J connectivity index is 2.23. The molecular formula is C16H24O6. The van der Waals surface area contributed by atoms with Gasteiger partial charge in [0.25, 0.3) is 0 Å². The summed E-state index contributed by atoms with van der Waals surface area (Å²) in [5.41, 5.74) is 0. The summed E-state index contributed by atoms with van der Waals surface area (Å²) in [5.74, 6) is -0.867. The zero-order chi connectivity index (χ0) is 16.1. The van der Waals surface area contributed by atoms with Crippen LogP contribution in [-0.2, 0) is 23.8 Å². The maximum Gasteiger partial charge on any atom is 0.302 e. The molecule has 0 amide bonds. The summed E-state index contributed by atoms with van der Waals surface area (Å²) in [4.78, 5) is 22.6. The second kappa shape index (κ2) is 7.74. The lowest BCUT2D eigenvalue weighted by Crippen LogP contribution is -2.40. The van der Waals surface area contributed by atoms with Crippen LogP contribution in [0.2, 0.25) is 0 Å². The van der Waals surface area contributed by atoms with Gasteiger partial charge in [0, 0.05) is 20.3 Å². The minimum atomic E-state index is -0.918. The molecule has 22 heavy (non-hydrogen) atoms. The largest absolute Gasteiger partial charge is 0.460 e. The predicted octanol–water partition coefficient (Wildman–Crippen LogP) is 1.50. The maximum absolute atomic E-state index is 11.4. The highest BCUT2D eigenvalue weighted by Crippen LogP contribution is 2.30. The summed E-state index contributed by atoms with van der Waals surface area (Å²) in [6, 6.07) is 0. The van der Waals surface area contributed by atoms with Crippen molar-refractivity contribution in [2.24, 2.45) is 0 Å². The molecule has 124 valence electrons. The first-order valence-electron chi connectivity index (χ1n) is 7.80. The molecule has 2 rings (SSSR count). The van der Waals surface area contributed by atoms with Gasteiger partial charge in [-0.05, 0) is 25.7 Å². The molecule has 0 aliphatic carbocycles. The predicted molar refractivity (Wildman–Crippen MR) is 78.0 cm³/mol. The van der Waals surface area contributed by atoms with Gasteiger partial charge < -0.3 is 19.3 Å². The fraction of sp³-hybridized carbons (Fsp3) is 0.750. The molecule has 6 nitrogen and oxygen atoms in total. The van der Waals surface area contributed by atoms with Gasteiger partial charge in [-0.1, -0.05) is 12.2 Å². The summed E-state index contributed by atoms with van der Waals surface area (Å²) >= 11 is 0. The van der Waals surface area contributed by atoms with Crippen molar-refractivity contribution < 1.29 is 28.9 Å². The van der Waals surface area contributed by atoms with E-state index in [0.29, 0.717) is 12.8 Å². The molecule has 0 unspecified atom stereocenters. The van der Waals surface area contributed by atoms with E-state index in [0.717, 1.165) is 12.8 Å².